The fraction of sp³-hybridized carbons (Fsp3) is 0.889. The van der Waals surface area contributed by atoms with Crippen LogP contribution in [0.25, 0.3) is 0 Å². The van der Waals surface area contributed by atoms with E-state index in [4.69, 9.17) is 4.74 Å². The quantitative estimate of drug-likeness (QED) is 0.646. The predicted octanol–water partition coefficient (Wildman–Crippen LogP) is 1.08. The van der Waals surface area contributed by atoms with Crippen LogP contribution in [-0.4, -0.2) is 24.7 Å². The van der Waals surface area contributed by atoms with Gasteiger partial charge in [0.25, 0.3) is 0 Å². The van der Waals surface area contributed by atoms with Crippen molar-refractivity contribution in [2.45, 2.75) is 44.8 Å². The second-order valence-electron chi connectivity index (χ2n) is 3.83. The average molecular weight is 171 g/mol. The van der Waals surface area contributed by atoms with E-state index in [0.717, 1.165) is 12.8 Å². The molecule has 1 aliphatic carbocycles. The molecule has 0 aliphatic heterocycles. The van der Waals surface area contributed by atoms with E-state index in [1.54, 1.807) is 7.05 Å². The minimum absolute atomic E-state index is 0.144. The molecule has 0 radical (unpaired) electrons. The Labute approximate surface area is 73.5 Å². The Balaban J connectivity index is 2.35. The summed E-state index contributed by atoms with van der Waals surface area (Å²) in [6, 6.07) is 0. The molecule has 0 aromatic rings. The summed E-state index contributed by atoms with van der Waals surface area (Å²) in [5.41, 5.74) is -0.546. The molecule has 0 aromatic heterocycles. The van der Waals surface area contributed by atoms with E-state index >= 15 is 0 Å². The van der Waals surface area contributed by atoms with Gasteiger partial charge in [0.2, 0.25) is 0 Å². The molecule has 3 nitrogen and oxygen atoms in total. The van der Waals surface area contributed by atoms with E-state index in [0.29, 0.717) is 0 Å². The van der Waals surface area contributed by atoms with Gasteiger partial charge in [-0.3, -0.25) is 4.79 Å². The van der Waals surface area contributed by atoms with Gasteiger partial charge in [-0.2, -0.15) is 0 Å². The van der Waals surface area contributed by atoms with Gasteiger partial charge in [-0.15, -0.1) is 0 Å². The zero-order chi connectivity index (χ0) is 9.19. The first-order valence-electron chi connectivity index (χ1n) is 4.46. The minimum atomic E-state index is -0.546. The molecule has 1 saturated carbocycles. The van der Waals surface area contributed by atoms with Gasteiger partial charge in [-0.05, 0) is 40.2 Å². The van der Waals surface area contributed by atoms with E-state index in [1.165, 1.54) is 6.42 Å². The Hall–Kier alpha value is -0.570. The van der Waals surface area contributed by atoms with E-state index < -0.39 is 5.54 Å². The van der Waals surface area contributed by atoms with Gasteiger partial charge in [0.05, 0.1) is 0 Å². The lowest BCUT2D eigenvalue weighted by Crippen LogP contribution is -2.47. The molecule has 0 unspecified atom stereocenters. The van der Waals surface area contributed by atoms with Crippen LogP contribution in [0.2, 0.25) is 0 Å². The normalized spacial score (nSPS) is 18.6. The van der Waals surface area contributed by atoms with E-state index in [-0.39, 0.29) is 12.1 Å². The molecule has 0 heterocycles. The number of hydrogen-bond donors (Lipinski definition) is 1. The second-order valence-corrected chi connectivity index (χ2v) is 3.83. The van der Waals surface area contributed by atoms with Crippen molar-refractivity contribution < 1.29 is 9.53 Å². The molecule has 12 heavy (non-hydrogen) atoms. The Morgan fingerprint density at radius 2 is 2.08 bits per heavy atom. The summed E-state index contributed by atoms with van der Waals surface area (Å²) in [5, 5.41) is 2.92. The molecule has 1 rings (SSSR count). The van der Waals surface area contributed by atoms with Gasteiger partial charge < -0.3 is 10.1 Å². The van der Waals surface area contributed by atoms with Gasteiger partial charge in [0, 0.05) is 0 Å². The zero-order valence-electron chi connectivity index (χ0n) is 8.02. The van der Waals surface area contributed by atoms with Gasteiger partial charge >= 0.3 is 5.97 Å². The summed E-state index contributed by atoms with van der Waals surface area (Å²) >= 11 is 0. The molecule has 0 saturated heterocycles. The number of nitrogens with one attached hydrogen (secondary N) is 1. The van der Waals surface area contributed by atoms with Crippen molar-refractivity contribution in [1.29, 1.82) is 0 Å². The first kappa shape index (κ1) is 9.52. The molecular weight excluding hydrogens is 154 g/mol. The molecule has 70 valence electrons. The lowest BCUT2D eigenvalue weighted by molar-refractivity contribution is -0.159. The molecule has 0 amide bonds. The largest absolute Gasteiger partial charge is 0.461 e. The lowest BCUT2D eigenvalue weighted by atomic mass is 9.95. The number of carbonyl (C=O) groups is 1. The number of ether oxygens (including phenoxy) is 1. The fourth-order valence-corrected chi connectivity index (χ4v) is 0.889. The first-order valence-corrected chi connectivity index (χ1v) is 4.46. The standard InChI is InChI=1S/C9H17NO2/c1-9(2,10-3)8(11)12-7-5-4-6-7/h7,10H,4-6H2,1-3H3. The number of carbonyl (C=O) groups excluding carboxylic acids is 1. The molecule has 0 bridgehead atoms. The number of hydrogen-bond acceptors (Lipinski definition) is 3. The highest BCUT2D eigenvalue weighted by atomic mass is 16.5. The van der Waals surface area contributed by atoms with Gasteiger partial charge in [-0.1, -0.05) is 0 Å². The maximum atomic E-state index is 11.4. The van der Waals surface area contributed by atoms with Crippen LogP contribution in [0.3, 0.4) is 0 Å². The monoisotopic (exact) mass is 171 g/mol. The van der Waals surface area contributed by atoms with Crippen molar-refractivity contribution in [3.8, 4) is 0 Å². The average Bonchev–Trinajstić information content (AvgIpc) is 1.96. The highest BCUT2D eigenvalue weighted by Crippen LogP contribution is 2.23. The van der Waals surface area contributed by atoms with Crippen LogP contribution in [-0.2, 0) is 9.53 Å². The maximum absolute atomic E-state index is 11.4. The van der Waals surface area contributed by atoms with Crippen LogP contribution in [0.15, 0.2) is 0 Å². The Kier molecular flexibility index (Phi) is 2.73. The van der Waals surface area contributed by atoms with Crippen molar-refractivity contribution in [2.75, 3.05) is 7.05 Å². The van der Waals surface area contributed by atoms with Crippen LogP contribution in [0, 0.1) is 0 Å². The summed E-state index contributed by atoms with van der Waals surface area (Å²) in [5.74, 6) is -0.144. The van der Waals surface area contributed by atoms with Gasteiger partial charge in [0.15, 0.2) is 0 Å². The molecule has 0 aromatic carbocycles. The molecule has 0 spiro atoms. The molecule has 1 aliphatic rings. The van der Waals surface area contributed by atoms with E-state index in [1.807, 2.05) is 13.8 Å². The van der Waals surface area contributed by atoms with Crippen LogP contribution >= 0.6 is 0 Å². The first-order chi connectivity index (χ1) is 5.56. The van der Waals surface area contributed by atoms with E-state index in [2.05, 4.69) is 5.32 Å². The highest BCUT2D eigenvalue weighted by molar-refractivity contribution is 5.79. The Bertz CT molecular complexity index is 173. The number of esters is 1. The fourth-order valence-electron chi connectivity index (χ4n) is 0.889. The topological polar surface area (TPSA) is 38.3 Å². The van der Waals surface area contributed by atoms with Crippen molar-refractivity contribution in [1.82, 2.24) is 5.32 Å². The molecular formula is C9H17NO2. The third kappa shape index (κ3) is 1.97. The molecule has 3 heteroatoms. The molecule has 1 fully saturated rings. The van der Waals surface area contributed by atoms with Crippen LogP contribution < -0.4 is 5.32 Å². The zero-order valence-corrected chi connectivity index (χ0v) is 8.02. The summed E-state index contributed by atoms with van der Waals surface area (Å²) in [7, 11) is 1.77. The molecule has 0 atom stereocenters. The summed E-state index contributed by atoms with van der Waals surface area (Å²) in [6.07, 6.45) is 3.44. The maximum Gasteiger partial charge on any atom is 0.326 e. The third-order valence-electron chi connectivity index (χ3n) is 2.46. The third-order valence-corrected chi connectivity index (χ3v) is 2.46. The summed E-state index contributed by atoms with van der Waals surface area (Å²) in [6.45, 7) is 3.65. The van der Waals surface area contributed by atoms with Gasteiger partial charge in [-0.25, -0.2) is 0 Å². The SMILES string of the molecule is CNC(C)(C)C(=O)OC1CCC1. The van der Waals surface area contributed by atoms with Crippen molar-refractivity contribution in [3.05, 3.63) is 0 Å². The van der Waals surface area contributed by atoms with Crippen LogP contribution in [0.1, 0.15) is 33.1 Å². The second kappa shape index (κ2) is 3.44. The Morgan fingerprint density at radius 1 is 1.50 bits per heavy atom. The smallest absolute Gasteiger partial charge is 0.326 e. The molecule has 1 N–H and O–H groups in total. The highest BCUT2D eigenvalue weighted by Gasteiger charge is 2.31. The van der Waals surface area contributed by atoms with Crippen molar-refractivity contribution in [3.63, 3.8) is 0 Å². The number of rotatable bonds is 3. The summed E-state index contributed by atoms with van der Waals surface area (Å²) in [4.78, 5) is 11.4. The summed E-state index contributed by atoms with van der Waals surface area (Å²) < 4.78 is 5.24. The van der Waals surface area contributed by atoms with E-state index in [9.17, 15) is 4.79 Å². The number of likely N-dealkylation sites (N-methyl/N-ethyl adjacent to an activating group) is 1. The minimum Gasteiger partial charge on any atom is -0.461 e. The van der Waals surface area contributed by atoms with Crippen LogP contribution in [0.5, 0.6) is 0 Å². The predicted molar refractivity (Wildman–Crippen MR) is 46.9 cm³/mol. The van der Waals surface area contributed by atoms with Gasteiger partial charge in [0.1, 0.15) is 11.6 Å². The lowest BCUT2D eigenvalue weighted by Gasteiger charge is -2.30. The van der Waals surface area contributed by atoms with Crippen LogP contribution in [0.4, 0.5) is 0 Å². The van der Waals surface area contributed by atoms with Crippen molar-refractivity contribution >= 4 is 5.97 Å². The Morgan fingerprint density at radius 3 is 2.42 bits per heavy atom. The van der Waals surface area contributed by atoms with Crippen molar-refractivity contribution in [2.24, 2.45) is 0 Å².